The molecule has 2 atom stereocenters. The van der Waals surface area contributed by atoms with Gasteiger partial charge in [-0.05, 0) is 98.1 Å². The fourth-order valence-corrected chi connectivity index (χ4v) is 6.08. The van der Waals surface area contributed by atoms with E-state index in [0.29, 0.717) is 12.0 Å². The summed E-state index contributed by atoms with van der Waals surface area (Å²) in [6.45, 7) is 2.26. The third-order valence-electron chi connectivity index (χ3n) is 8.51. The van der Waals surface area contributed by atoms with Crippen molar-refractivity contribution in [3.63, 3.8) is 0 Å². The third kappa shape index (κ3) is 5.62. The lowest BCUT2D eigenvalue weighted by Crippen LogP contribution is -2.47. The molecular weight excluding hydrogens is 485 g/mol. The molecule has 0 aromatic heterocycles. The summed E-state index contributed by atoms with van der Waals surface area (Å²) in [6.07, 6.45) is -1.40. The van der Waals surface area contributed by atoms with Gasteiger partial charge in [-0.25, -0.2) is 8.78 Å². The van der Waals surface area contributed by atoms with Gasteiger partial charge in [-0.1, -0.05) is 38.3 Å². The highest BCUT2D eigenvalue weighted by Crippen LogP contribution is 2.46. The number of rotatable bonds is 6. The molecule has 3 aliphatic rings. The molecule has 1 aromatic rings. The van der Waals surface area contributed by atoms with Crippen molar-refractivity contribution in [3.05, 3.63) is 59.4 Å². The van der Waals surface area contributed by atoms with Crippen molar-refractivity contribution in [2.24, 2.45) is 17.8 Å². The van der Waals surface area contributed by atoms with Gasteiger partial charge in [0.2, 0.25) is 0 Å². The van der Waals surface area contributed by atoms with Crippen molar-refractivity contribution < 1.29 is 35.5 Å². The Kier molecular flexibility index (Phi) is 7.82. The SMILES string of the molecule is CCC1CCC(C2CCC(c3ccc(C(F)(F)OC4=CC(F)C(F)(C(F)(F)F)C=C4)cc3)CC2)CC1. The van der Waals surface area contributed by atoms with Crippen molar-refractivity contribution >= 4 is 0 Å². The maximum absolute atomic E-state index is 14.6. The maximum atomic E-state index is 14.6. The van der Waals surface area contributed by atoms with Crippen LogP contribution in [0.3, 0.4) is 0 Å². The van der Waals surface area contributed by atoms with E-state index < -0.39 is 35.4 Å². The maximum Gasteiger partial charge on any atom is 0.429 e. The van der Waals surface area contributed by atoms with Gasteiger partial charge in [-0.15, -0.1) is 0 Å². The number of allylic oxidation sites excluding steroid dienone is 3. The molecule has 0 N–H and O–H groups in total. The molecule has 36 heavy (non-hydrogen) atoms. The van der Waals surface area contributed by atoms with Gasteiger partial charge in [0, 0.05) is 0 Å². The van der Waals surface area contributed by atoms with E-state index in [0.717, 1.165) is 49.0 Å². The predicted molar refractivity (Wildman–Crippen MR) is 124 cm³/mol. The van der Waals surface area contributed by atoms with E-state index in [1.165, 1.54) is 44.2 Å². The molecule has 1 aromatic carbocycles. The Morgan fingerprint density at radius 2 is 1.42 bits per heavy atom. The molecule has 0 radical (unpaired) electrons. The molecule has 2 saturated carbocycles. The van der Waals surface area contributed by atoms with Gasteiger partial charge in [0.1, 0.15) is 5.76 Å². The van der Waals surface area contributed by atoms with E-state index in [4.69, 9.17) is 0 Å². The average Bonchev–Trinajstić information content (AvgIpc) is 2.86. The van der Waals surface area contributed by atoms with Crippen LogP contribution >= 0.6 is 0 Å². The minimum atomic E-state index is -5.52. The molecule has 8 heteroatoms. The third-order valence-corrected chi connectivity index (χ3v) is 8.51. The van der Waals surface area contributed by atoms with Crippen LogP contribution in [0.1, 0.15) is 81.8 Å². The monoisotopic (exact) mass is 518 g/mol. The van der Waals surface area contributed by atoms with Gasteiger partial charge in [0.05, 0.1) is 5.56 Å². The smallest absolute Gasteiger partial charge is 0.429 e. The fourth-order valence-electron chi connectivity index (χ4n) is 6.08. The van der Waals surface area contributed by atoms with Crippen molar-refractivity contribution in [2.75, 3.05) is 0 Å². The zero-order chi connectivity index (χ0) is 26.1. The number of hydrogen-bond donors (Lipinski definition) is 0. The van der Waals surface area contributed by atoms with Crippen LogP contribution in [0.25, 0.3) is 0 Å². The van der Waals surface area contributed by atoms with Gasteiger partial charge >= 0.3 is 12.3 Å². The molecular formula is C28H33F7O. The second-order valence-corrected chi connectivity index (χ2v) is 10.6. The van der Waals surface area contributed by atoms with Gasteiger partial charge < -0.3 is 4.74 Å². The van der Waals surface area contributed by atoms with E-state index in [9.17, 15) is 30.7 Å². The van der Waals surface area contributed by atoms with Crippen LogP contribution in [-0.2, 0) is 10.8 Å². The van der Waals surface area contributed by atoms with Crippen LogP contribution in [0.5, 0.6) is 0 Å². The van der Waals surface area contributed by atoms with Gasteiger partial charge in [-0.2, -0.15) is 22.0 Å². The van der Waals surface area contributed by atoms with Crippen molar-refractivity contribution in [3.8, 4) is 0 Å². The highest BCUT2D eigenvalue weighted by molar-refractivity contribution is 5.32. The summed E-state index contributed by atoms with van der Waals surface area (Å²) in [5, 5.41) is 0. The topological polar surface area (TPSA) is 9.23 Å². The molecule has 0 saturated heterocycles. The van der Waals surface area contributed by atoms with E-state index in [1.807, 2.05) is 0 Å². The Labute approximate surface area is 207 Å². The highest BCUT2D eigenvalue weighted by Gasteiger charge is 2.60. The summed E-state index contributed by atoms with van der Waals surface area (Å²) in [5.41, 5.74) is -3.81. The Morgan fingerprint density at radius 3 is 1.92 bits per heavy atom. The molecule has 0 heterocycles. The lowest BCUT2D eigenvalue weighted by molar-refractivity contribution is -0.232. The lowest BCUT2D eigenvalue weighted by atomic mass is 9.68. The molecule has 4 rings (SSSR count). The summed E-state index contributed by atoms with van der Waals surface area (Å²) in [4.78, 5) is 0. The minimum absolute atomic E-state index is 0.0862. The molecule has 0 bridgehead atoms. The standard InChI is InChI=1S/C28H33F7O/c1-2-18-3-5-19(6-4-18)20-7-9-21(10-8-20)22-11-13-23(14-12-22)27(31,32)36-24-15-16-26(30,25(29)17-24)28(33,34)35/h11-21,25H,2-10H2,1H3. The van der Waals surface area contributed by atoms with E-state index >= 15 is 0 Å². The summed E-state index contributed by atoms with van der Waals surface area (Å²) >= 11 is 0. The first-order valence-electron chi connectivity index (χ1n) is 12.9. The Balaban J connectivity index is 1.33. The number of benzene rings is 1. The van der Waals surface area contributed by atoms with Gasteiger partial charge in [-0.3, -0.25) is 0 Å². The summed E-state index contributed by atoms with van der Waals surface area (Å²) < 4.78 is 99.8. The van der Waals surface area contributed by atoms with Crippen LogP contribution in [-0.4, -0.2) is 18.0 Å². The predicted octanol–water partition coefficient (Wildman–Crippen LogP) is 9.31. The molecule has 0 spiro atoms. The molecule has 3 aliphatic carbocycles. The average molecular weight is 519 g/mol. The van der Waals surface area contributed by atoms with Crippen molar-refractivity contribution in [1.82, 2.24) is 0 Å². The molecule has 2 unspecified atom stereocenters. The van der Waals surface area contributed by atoms with Crippen molar-refractivity contribution in [1.29, 1.82) is 0 Å². The van der Waals surface area contributed by atoms with Crippen molar-refractivity contribution in [2.45, 2.75) is 94.8 Å². The highest BCUT2D eigenvalue weighted by atomic mass is 19.4. The molecule has 0 aliphatic heterocycles. The number of ether oxygens (including phenoxy) is 1. The normalized spacial score (nSPS) is 33.8. The number of halogens is 7. The number of hydrogen-bond acceptors (Lipinski definition) is 1. The van der Waals surface area contributed by atoms with E-state index in [1.54, 1.807) is 12.1 Å². The van der Waals surface area contributed by atoms with Crippen LogP contribution < -0.4 is 0 Å². The lowest BCUT2D eigenvalue weighted by Gasteiger charge is -2.38. The van der Waals surface area contributed by atoms with Gasteiger partial charge in [0.25, 0.3) is 5.67 Å². The summed E-state index contributed by atoms with van der Waals surface area (Å²) in [7, 11) is 0. The first-order chi connectivity index (χ1) is 16.9. The Hall–Kier alpha value is -1.99. The molecule has 0 amide bonds. The molecule has 1 nitrogen and oxygen atoms in total. The largest absolute Gasteiger partial charge is 0.429 e. The molecule has 2 fully saturated rings. The second kappa shape index (κ2) is 10.4. The number of alkyl halides is 7. The zero-order valence-corrected chi connectivity index (χ0v) is 20.3. The molecule has 200 valence electrons. The van der Waals surface area contributed by atoms with Crippen LogP contribution in [0.15, 0.2) is 48.3 Å². The van der Waals surface area contributed by atoms with Crippen LogP contribution in [0.4, 0.5) is 30.7 Å². The quantitative estimate of drug-likeness (QED) is 0.341. The summed E-state index contributed by atoms with van der Waals surface area (Å²) in [5.74, 6) is 1.86. The first-order valence-corrected chi connectivity index (χ1v) is 12.9. The summed E-state index contributed by atoms with van der Waals surface area (Å²) in [6, 6.07) is 5.71. The van der Waals surface area contributed by atoms with E-state index in [2.05, 4.69) is 11.7 Å². The fraction of sp³-hybridized carbons (Fsp3) is 0.643. The van der Waals surface area contributed by atoms with Crippen LogP contribution in [0, 0.1) is 17.8 Å². The Bertz CT molecular complexity index is 936. The minimum Gasteiger partial charge on any atom is -0.429 e. The second-order valence-electron chi connectivity index (χ2n) is 10.6. The van der Waals surface area contributed by atoms with Gasteiger partial charge in [0.15, 0.2) is 6.17 Å². The van der Waals surface area contributed by atoms with E-state index in [-0.39, 0.29) is 12.2 Å². The first kappa shape index (κ1) is 27.1. The van der Waals surface area contributed by atoms with Crippen LogP contribution in [0.2, 0.25) is 0 Å². The zero-order valence-electron chi connectivity index (χ0n) is 20.3. The Morgan fingerprint density at radius 1 is 0.861 bits per heavy atom.